The summed E-state index contributed by atoms with van der Waals surface area (Å²) in [5, 5.41) is 2.29. The molecule has 2 amide bonds. The minimum Gasteiger partial charge on any atom is -0.497 e. The smallest absolute Gasteiger partial charge is 0.408 e. The Hall–Kier alpha value is -2.10. The largest absolute Gasteiger partial charge is 0.497 e. The van der Waals surface area contributed by atoms with Crippen LogP contribution in [-0.2, 0) is 25.6 Å². The summed E-state index contributed by atoms with van der Waals surface area (Å²) in [5.74, 6) is -0.173. The Morgan fingerprint density at radius 2 is 1.86 bits per heavy atom. The molecule has 1 aliphatic rings. The number of benzene rings is 1. The molecule has 0 aromatic heterocycles. The molecule has 1 aliphatic heterocycles. The average molecular weight is 470 g/mol. The number of β-lactam (4-membered cyclic amide) rings is 1. The monoisotopic (exact) mass is 468 g/mol. The molecule has 1 saturated heterocycles. The Morgan fingerprint density at radius 1 is 1.17 bits per heavy atom. The van der Waals surface area contributed by atoms with Gasteiger partial charge in [-0.3, -0.25) is 4.79 Å². The molecule has 1 aromatic rings. The van der Waals surface area contributed by atoms with E-state index in [1.165, 1.54) is 26.2 Å². The summed E-state index contributed by atoms with van der Waals surface area (Å²) in [6, 6.07) is 2.82. The molecule has 0 saturated carbocycles. The molecule has 1 aromatic carbocycles. The zero-order valence-electron chi connectivity index (χ0n) is 15.7. The number of carbonyl (C=O) groups excluding carboxylic acids is 3. The summed E-state index contributed by atoms with van der Waals surface area (Å²) in [4.78, 5) is 37.9. The number of alkyl halides is 3. The first kappa shape index (κ1) is 23.2. The predicted octanol–water partition coefficient (Wildman–Crippen LogP) is 2.05. The van der Waals surface area contributed by atoms with Gasteiger partial charge in [0.1, 0.15) is 24.1 Å². The van der Waals surface area contributed by atoms with Crippen LogP contribution < -0.4 is 14.8 Å². The van der Waals surface area contributed by atoms with Gasteiger partial charge in [-0.2, -0.15) is 0 Å². The SMILES string of the molecule is COC(=O)[C@@H]1[C@H](NC(=O)OCC(Cl)(Cl)Cl)C(=O)N1Cc1ccc(OC)cc1OC. The quantitative estimate of drug-likeness (QED) is 0.370. The van der Waals surface area contributed by atoms with Crippen molar-refractivity contribution in [2.75, 3.05) is 27.9 Å². The predicted molar refractivity (Wildman–Crippen MR) is 104 cm³/mol. The molecule has 9 nitrogen and oxygen atoms in total. The van der Waals surface area contributed by atoms with E-state index in [0.717, 1.165) is 0 Å². The van der Waals surface area contributed by atoms with Gasteiger partial charge in [0.15, 0.2) is 6.04 Å². The van der Waals surface area contributed by atoms with Gasteiger partial charge in [0.25, 0.3) is 0 Å². The molecule has 160 valence electrons. The minimum atomic E-state index is -1.81. The standard InChI is InChI=1S/C17H19Cl3N2O7/c1-26-10-5-4-9(11(6-10)27-2)7-22-13(15(24)28-3)12(14(22)23)21-16(25)29-8-17(18,19)20/h4-6,12-13H,7-8H2,1-3H3,(H,21,25)/t12-,13-/m0/s1. The molecule has 0 radical (unpaired) electrons. The number of likely N-dealkylation sites (tertiary alicyclic amines) is 1. The lowest BCUT2D eigenvalue weighted by atomic mass is 9.94. The van der Waals surface area contributed by atoms with Crippen molar-refractivity contribution in [2.24, 2.45) is 0 Å². The van der Waals surface area contributed by atoms with Gasteiger partial charge < -0.3 is 29.2 Å². The number of halogens is 3. The van der Waals surface area contributed by atoms with Gasteiger partial charge in [-0.1, -0.05) is 34.8 Å². The van der Waals surface area contributed by atoms with E-state index in [2.05, 4.69) is 5.32 Å². The lowest BCUT2D eigenvalue weighted by molar-refractivity contribution is -0.169. The molecule has 29 heavy (non-hydrogen) atoms. The van der Waals surface area contributed by atoms with E-state index in [0.29, 0.717) is 17.1 Å². The number of nitrogens with zero attached hydrogens (tertiary/aromatic N) is 1. The van der Waals surface area contributed by atoms with E-state index in [1.54, 1.807) is 18.2 Å². The van der Waals surface area contributed by atoms with E-state index in [-0.39, 0.29) is 6.54 Å². The molecule has 1 fully saturated rings. The molecule has 0 aliphatic carbocycles. The molecule has 2 atom stereocenters. The van der Waals surface area contributed by atoms with E-state index in [9.17, 15) is 14.4 Å². The Bertz CT molecular complexity index is 785. The first-order valence-corrected chi connectivity index (χ1v) is 9.34. The molecule has 1 heterocycles. The maximum atomic E-state index is 12.6. The van der Waals surface area contributed by atoms with Crippen LogP contribution in [0.4, 0.5) is 4.79 Å². The fourth-order valence-corrected chi connectivity index (χ4v) is 2.90. The number of carbonyl (C=O) groups is 3. The second-order valence-corrected chi connectivity index (χ2v) is 8.44. The first-order chi connectivity index (χ1) is 13.6. The number of amides is 2. The summed E-state index contributed by atoms with van der Waals surface area (Å²) in [6.45, 7) is -0.479. The fourth-order valence-electron chi connectivity index (χ4n) is 2.73. The van der Waals surface area contributed by atoms with Crippen LogP contribution in [0.25, 0.3) is 0 Å². The lowest BCUT2D eigenvalue weighted by Crippen LogP contribution is -2.73. The number of hydrogen-bond acceptors (Lipinski definition) is 7. The van der Waals surface area contributed by atoms with Crippen molar-refractivity contribution < 1.29 is 33.3 Å². The van der Waals surface area contributed by atoms with Gasteiger partial charge in [0.2, 0.25) is 9.70 Å². The molecule has 0 spiro atoms. The van der Waals surface area contributed by atoms with Crippen molar-refractivity contribution in [3.8, 4) is 11.5 Å². The van der Waals surface area contributed by atoms with Gasteiger partial charge in [-0.25, -0.2) is 9.59 Å². The van der Waals surface area contributed by atoms with Crippen LogP contribution in [0.3, 0.4) is 0 Å². The van der Waals surface area contributed by atoms with Gasteiger partial charge in [0, 0.05) is 11.6 Å². The number of methoxy groups -OCH3 is 3. The number of nitrogens with one attached hydrogen (secondary N) is 1. The van der Waals surface area contributed by atoms with Crippen molar-refractivity contribution in [3.63, 3.8) is 0 Å². The van der Waals surface area contributed by atoms with Crippen molar-refractivity contribution in [3.05, 3.63) is 23.8 Å². The second kappa shape index (κ2) is 9.60. The second-order valence-electron chi connectivity index (χ2n) is 5.93. The van der Waals surface area contributed by atoms with Crippen molar-refractivity contribution in [2.45, 2.75) is 22.4 Å². The summed E-state index contributed by atoms with van der Waals surface area (Å²) >= 11 is 16.5. The highest BCUT2D eigenvalue weighted by atomic mass is 35.6. The van der Waals surface area contributed by atoms with Crippen molar-refractivity contribution in [1.82, 2.24) is 10.2 Å². The zero-order valence-corrected chi connectivity index (χ0v) is 18.0. The van der Waals surface area contributed by atoms with Crippen LogP contribution in [-0.4, -0.2) is 66.7 Å². The van der Waals surface area contributed by atoms with E-state index >= 15 is 0 Å². The fraction of sp³-hybridized carbons (Fsp3) is 0.471. The Morgan fingerprint density at radius 3 is 2.41 bits per heavy atom. The summed E-state index contributed by atoms with van der Waals surface area (Å²) in [7, 11) is 4.16. The minimum absolute atomic E-state index is 0.0488. The molecular weight excluding hydrogens is 451 g/mol. The number of rotatable bonds is 7. The Kier molecular flexibility index (Phi) is 7.67. The highest BCUT2D eigenvalue weighted by Gasteiger charge is 2.53. The summed E-state index contributed by atoms with van der Waals surface area (Å²) in [5.41, 5.74) is 0.632. The van der Waals surface area contributed by atoms with Crippen molar-refractivity contribution >= 4 is 52.8 Å². The van der Waals surface area contributed by atoms with E-state index in [1.807, 2.05) is 0 Å². The van der Waals surface area contributed by atoms with Crippen LogP contribution in [0.5, 0.6) is 11.5 Å². The summed E-state index contributed by atoms with van der Waals surface area (Å²) < 4.78 is 18.1. The zero-order chi connectivity index (χ0) is 21.8. The maximum Gasteiger partial charge on any atom is 0.408 e. The molecule has 0 unspecified atom stereocenters. The molecule has 12 heteroatoms. The van der Waals surface area contributed by atoms with Crippen LogP contribution in [0, 0.1) is 0 Å². The lowest BCUT2D eigenvalue weighted by Gasteiger charge is -2.45. The van der Waals surface area contributed by atoms with Gasteiger partial charge in [0.05, 0.1) is 27.9 Å². The van der Waals surface area contributed by atoms with Crippen LogP contribution >= 0.6 is 34.8 Å². The normalized spacial score (nSPS) is 18.6. The maximum absolute atomic E-state index is 12.6. The highest BCUT2D eigenvalue weighted by Crippen LogP contribution is 2.31. The van der Waals surface area contributed by atoms with Crippen LogP contribution in [0.15, 0.2) is 18.2 Å². The Balaban J connectivity index is 2.12. The third-order valence-electron chi connectivity index (χ3n) is 4.12. The van der Waals surface area contributed by atoms with Gasteiger partial charge >= 0.3 is 12.1 Å². The highest BCUT2D eigenvalue weighted by molar-refractivity contribution is 6.67. The van der Waals surface area contributed by atoms with Crippen LogP contribution in [0.2, 0.25) is 0 Å². The van der Waals surface area contributed by atoms with Crippen LogP contribution in [0.1, 0.15) is 5.56 Å². The average Bonchev–Trinajstić information content (AvgIpc) is 2.69. The number of ether oxygens (including phenoxy) is 4. The number of hydrogen-bond donors (Lipinski definition) is 1. The van der Waals surface area contributed by atoms with Gasteiger partial charge in [-0.15, -0.1) is 0 Å². The van der Waals surface area contributed by atoms with Gasteiger partial charge in [-0.05, 0) is 12.1 Å². The molecular formula is C17H19Cl3N2O7. The third-order valence-corrected chi connectivity index (χ3v) is 4.45. The van der Waals surface area contributed by atoms with E-state index in [4.69, 9.17) is 53.8 Å². The number of alkyl carbamates (subject to hydrolysis) is 1. The number of esters is 1. The topological polar surface area (TPSA) is 103 Å². The van der Waals surface area contributed by atoms with E-state index < -0.39 is 40.5 Å². The molecule has 2 rings (SSSR count). The third kappa shape index (κ3) is 5.71. The summed E-state index contributed by atoms with van der Waals surface area (Å²) in [6.07, 6.45) is -1.01. The Labute approximate surface area is 182 Å². The van der Waals surface area contributed by atoms with Crippen molar-refractivity contribution in [1.29, 1.82) is 0 Å². The first-order valence-electron chi connectivity index (χ1n) is 8.20. The molecule has 0 bridgehead atoms. The molecule has 1 N–H and O–H groups in total.